The Kier molecular flexibility index (Phi) is 6.34. The number of rotatable bonds is 4. The second-order valence-corrected chi connectivity index (χ2v) is 13.2. The molecule has 1 spiro atoms. The summed E-state index contributed by atoms with van der Waals surface area (Å²) in [4.78, 5) is 11.2. The van der Waals surface area contributed by atoms with Gasteiger partial charge in [-0.25, -0.2) is 0 Å². The van der Waals surface area contributed by atoms with Crippen LogP contribution in [0.25, 0.3) is 33.6 Å². The minimum absolute atomic E-state index is 0.516. The van der Waals surface area contributed by atoms with E-state index in [2.05, 4.69) is 194 Å². The fourth-order valence-electron chi connectivity index (χ4n) is 8.89. The highest BCUT2D eigenvalue weighted by Gasteiger charge is 2.57. The van der Waals surface area contributed by atoms with Crippen LogP contribution in [-0.2, 0) is 10.8 Å². The third kappa shape index (κ3) is 3.85. The predicted molar refractivity (Wildman–Crippen MR) is 202 cm³/mol. The molecule has 0 fully saturated rings. The Morgan fingerprint density at radius 1 is 0.260 bits per heavy atom. The molecule has 0 saturated carbocycles. The first-order valence-electron chi connectivity index (χ1n) is 17.3. The number of nitrogens with zero attached hydrogens (tertiary/aromatic N) is 2. The van der Waals surface area contributed by atoms with Gasteiger partial charge in [0.05, 0.1) is 28.2 Å². The molecule has 2 aromatic heterocycles. The molecule has 6 aromatic carbocycles. The molecule has 8 aromatic rings. The Morgan fingerprint density at radius 2 is 0.600 bits per heavy atom. The number of fused-ring (bicyclic) bond motifs is 9. The lowest BCUT2D eigenvalue weighted by Gasteiger charge is -2.48. The summed E-state index contributed by atoms with van der Waals surface area (Å²) < 4.78 is 0. The first-order valence-corrected chi connectivity index (χ1v) is 17.3. The standard InChI is InChI=1S/C48H32N2/c1-3-17-33(18-4-1)43-29-15-31-45(49-43)48(46-32-16-30-44(50-46)34-19-5-2-6-20-34)41-27-13-11-25-39(41)47(40-26-12-14-28-42(40)48)37-23-9-7-21-35(37)36-22-8-10-24-38(36)47/h1-32H. The molecule has 234 valence electrons. The van der Waals surface area contributed by atoms with Crippen LogP contribution in [0, 0.1) is 0 Å². The zero-order valence-corrected chi connectivity index (χ0v) is 27.4. The molecule has 10 rings (SSSR count). The van der Waals surface area contributed by atoms with E-state index in [1.165, 1.54) is 44.5 Å². The maximum absolute atomic E-state index is 5.58. The van der Waals surface area contributed by atoms with Crippen molar-refractivity contribution in [1.29, 1.82) is 0 Å². The number of hydrogen-bond donors (Lipinski definition) is 0. The van der Waals surface area contributed by atoms with Gasteiger partial charge in [-0.3, -0.25) is 9.97 Å². The Balaban J connectivity index is 1.37. The molecule has 0 saturated heterocycles. The van der Waals surface area contributed by atoms with Gasteiger partial charge in [0, 0.05) is 11.1 Å². The fraction of sp³-hybridized carbons (Fsp3) is 0.0417. The van der Waals surface area contributed by atoms with Crippen molar-refractivity contribution in [3.05, 3.63) is 239 Å². The third-order valence-electron chi connectivity index (χ3n) is 10.8. The van der Waals surface area contributed by atoms with Gasteiger partial charge in [0.2, 0.25) is 0 Å². The maximum Gasteiger partial charge on any atom is 0.105 e. The van der Waals surface area contributed by atoms with Crippen molar-refractivity contribution in [3.8, 4) is 33.6 Å². The van der Waals surface area contributed by atoms with Gasteiger partial charge in [0.1, 0.15) is 5.41 Å². The minimum Gasteiger partial charge on any atom is -0.251 e. The van der Waals surface area contributed by atoms with Crippen molar-refractivity contribution in [2.24, 2.45) is 0 Å². The highest BCUT2D eigenvalue weighted by molar-refractivity contribution is 5.89. The van der Waals surface area contributed by atoms with E-state index in [0.717, 1.165) is 33.9 Å². The van der Waals surface area contributed by atoms with E-state index in [0.29, 0.717) is 0 Å². The number of benzene rings is 6. The normalized spacial score (nSPS) is 14.3. The Morgan fingerprint density at radius 3 is 1.02 bits per heavy atom. The van der Waals surface area contributed by atoms with Crippen LogP contribution in [0.15, 0.2) is 194 Å². The van der Waals surface area contributed by atoms with Crippen LogP contribution in [0.1, 0.15) is 44.8 Å². The van der Waals surface area contributed by atoms with Crippen molar-refractivity contribution >= 4 is 0 Å². The lowest BCUT2D eigenvalue weighted by atomic mass is 9.53. The maximum atomic E-state index is 5.58. The molecule has 0 unspecified atom stereocenters. The third-order valence-corrected chi connectivity index (χ3v) is 10.8. The number of aromatic nitrogens is 2. The van der Waals surface area contributed by atoms with E-state index >= 15 is 0 Å². The zero-order chi connectivity index (χ0) is 33.1. The number of hydrogen-bond acceptors (Lipinski definition) is 2. The Bertz CT molecular complexity index is 2370. The molecule has 50 heavy (non-hydrogen) atoms. The van der Waals surface area contributed by atoms with Gasteiger partial charge in [-0.1, -0.05) is 170 Å². The second-order valence-electron chi connectivity index (χ2n) is 13.2. The van der Waals surface area contributed by atoms with Gasteiger partial charge in [-0.15, -0.1) is 0 Å². The summed E-state index contributed by atoms with van der Waals surface area (Å²) in [6, 6.07) is 70.0. The van der Waals surface area contributed by atoms with E-state index in [4.69, 9.17) is 9.97 Å². The van der Waals surface area contributed by atoms with Gasteiger partial charge in [0.15, 0.2) is 0 Å². The Hall–Kier alpha value is -6.38. The van der Waals surface area contributed by atoms with E-state index in [9.17, 15) is 0 Å². The van der Waals surface area contributed by atoms with Gasteiger partial charge < -0.3 is 0 Å². The molecule has 2 aliphatic carbocycles. The van der Waals surface area contributed by atoms with Gasteiger partial charge in [-0.05, 0) is 68.8 Å². The van der Waals surface area contributed by atoms with Crippen LogP contribution < -0.4 is 0 Å². The SMILES string of the molecule is c1ccc(-c2cccc(C3(c4cccc(-c5ccccc5)n4)c4ccccc4C4(c5ccccc5-c5ccccc54)c4ccccc43)n2)cc1. The van der Waals surface area contributed by atoms with E-state index in [1.54, 1.807) is 0 Å². The van der Waals surface area contributed by atoms with Crippen molar-refractivity contribution in [3.63, 3.8) is 0 Å². The van der Waals surface area contributed by atoms with Crippen LogP contribution >= 0.6 is 0 Å². The van der Waals surface area contributed by atoms with Crippen LogP contribution in [0.2, 0.25) is 0 Å². The number of pyridine rings is 2. The first-order chi connectivity index (χ1) is 24.8. The van der Waals surface area contributed by atoms with Crippen molar-refractivity contribution in [2.75, 3.05) is 0 Å². The van der Waals surface area contributed by atoms with Crippen LogP contribution in [-0.4, -0.2) is 9.97 Å². The molecule has 0 atom stereocenters. The van der Waals surface area contributed by atoms with E-state index in [1.807, 2.05) is 0 Å². The van der Waals surface area contributed by atoms with Crippen molar-refractivity contribution in [2.45, 2.75) is 10.8 Å². The molecule has 2 heterocycles. The predicted octanol–water partition coefficient (Wildman–Crippen LogP) is 10.9. The lowest BCUT2D eigenvalue weighted by molar-refractivity contribution is 0.599. The summed E-state index contributed by atoms with van der Waals surface area (Å²) >= 11 is 0. The van der Waals surface area contributed by atoms with E-state index in [-0.39, 0.29) is 0 Å². The highest BCUT2D eigenvalue weighted by Crippen LogP contribution is 2.64. The summed E-state index contributed by atoms with van der Waals surface area (Å²) in [5, 5.41) is 0. The second kappa shape index (κ2) is 11.1. The summed E-state index contributed by atoms with van der Waals surface area (Å²) in [5.41, 5.74) is 14.7. The van der Waals surface area contributed by atoms with E-state index < -0.39 is 10.8 Å². The molecule has 2 nitrogen and oxygen atoms in total. The molecule has 2 aliphatic rings. The minimum atomic E-state index is -0.819. The van der Waals surface area contributed by atoms with Gasteiger partial charge in [-0.2, -0.15) is 0 Å². The zero-order valence-electron chi connectivity index (χ0n) is 27.4. The summed E-state index contributed by atoms with van der Waals surface area (Å²) in [7, 11) is 0. The topological polar surface area (TPSA) is 25.8 Å². The van der Waals surface area contributed by atoms with Crippen LogP contribution in [0.3, 0.4) is 0 Å². The molecular weight excluding hydrogens is 605 g/mol. The molecule has 0 aliphatic heterocycles. The molecular formula is C48H32N2. The molecule has 0 amide bonds. The summed E-state index contributed by atoms with van der Waals surface area (Å²) in [5.74, 6) is 0. The quantitative estimate of drug-likeness (QED) is 0.192. The summed E-state index contributed by atoms with van der Waals surface area (Å²) in [6.07, 6.45) is 0. The monoisotopic (exact) mass is 636 g/mol. The largest absolute Gasteiger partial charge is 0.251 e. The molecule has 0 N–H and O–H groups in total. The van der Waals surface area contributed by atoms with Crippen molar-refractivity contribution < 1.29 is 0 Å². The van der Waals surface area contributed by atoms with Gasteiger partial charge in [0.25, 0.3) is 0 Å². The van der Waals surface area contributed by atoms with Crippen LogP contribution in [0.4, 0.5) is 0 Å². The Labute approximate surface area is 292 Å². The fourth-order valence-corrected chi connectivity index (χ4v) is 8.89. The molecule has 0 radical (unpaired) electrons. The summed E-state index contributed by atoms with van der Waals surface area (Å²) in [6.45, 7) is 0. The van der Waals surface area contributed by atoms with Crippen molar-refractivity contribution in [1.82, 2.24) is 9.97 Å². The average Bonchev–Trinajstić information content (AvgIpc) is 3.50. The smallest absolute Gasteiger partial charge is 0.105 e. The molecule has 0 bridgehead atoms. The van der Waals surface area contributed by atoms with Gasteiger partial charge >= 0.3 is 0 Å². The average molecular weight is 637 g/mol. The molecule has 2 heteroatoms. The lowest BCUT2D eigenvalue weighted by Crippen LogP contribution is -2.45. The first kappa shape index (κ1) is 28.6. The van der Waals surface area contributed by atoms with Crippen LogP contribution in [0.5, 0.6) is 0 Å². The highest BCUT2D eigenvalue weighted by atomic mass is 14.8.